The van der Waals surface area contributed by atoms with Crippen LogP contribution in [0.1, 0.15) is 0 Å². The van der Waals surface area contributed by atoms with Crippen molar-refractivity contribution < 1.29 is 0 Å². The van der Waals surface area contributed by atoms with Crippen molar-refractivity contribution in [1.29, 1.82) is 0 Å². The molecular weight excluding hydrogens is 332 g/mol. The molecule has 0 saturated heterocycles. The minimum atomic E-state index is 0.293. The highest BCUT2D eigenvalue weighted by Crippen LogP contribution is 2.32. The Hall–Kier alpha value is -3.11. The number of rotatable bonds is 2. The highest BCUT2D eigenvalue weighted by atomic mass is 35.5. The van der Waals surface area contributed by atoms with Crippen LogP contribution < -0.4 is 0 Å². The van der Waals surface area contributed by atoms with Gasteiger partial charge in [0.15, 0.2) is 5.82 Å². The van der Waals surface area contributed by atoms with Crippen LogP contribution in [0, 0.1) is 0 Å². The standard InChI is InChI=1S/C20H13ClN4/c21-20-22-19(23-24-20)13-9-11-14(12-10-13)25-17-7-3-1-5-15(17)16-6-2-4-8-18(16)25/h1-12H,(H,22,23,24). The van der Waals surface area contributed by atoms with Crippen LogP contribution in [-0.4, -0.2) is 19.7 Å². The molecule has 0 saturated carbocycles. The fourth-order valence-electron chi connectivity index (χ4n) is 3.33. The molecule has 0 atom stereocenters. The van der Waals surface area contributed by atoms with Gasteiger partial charge in [-0.05, 0) is 48.0 Å². The molecular formula is C20H13ClN4. The van der Waals surface area contributed by atoms with Crippen LogP contribution in [-0.2, 0) is 0 Å². The van der Waals surface area contributed by atoms with Crippen molar-refractivity contribution >= 4 is 33.4 Å². The van der Waals surface area contributed by atoms with Gasteiger partial charge in [0.25, 0.3) is 0 Å². The molecule has 0 bridgehead atoms. The first-order valence-electron chi connectivity index (χ1n) is 7.98. The first-order valence-corrected chi connectivity index (χ1v) is 8.36. The van der Waals surface area contributed by atoms with Gasteiger partial charge < -0.3 is 4.57 Å². The van der Waals surface area contributed by atoms with Crippen molar-refractivity contribution in [1.82, 2.24) is 19.7 Å². The summed E-state index contributed by atoms with van der Waals surface area (Å²) in [5, 5.41) is 9.56. The molecule has 0 unspecified atom stereocenters. The Kier molecular flexibility index (Phi) is 3.11. The van der Waals surface area contributed by atoms with E-state index in [4.69, 9.17) is 11.6 Å². The number of hydrogen-bond donors (Lipinski definition) is 1. The topological polar surface area (TPSA) is 46.5 Å². The van der Waals surface area contributed by atoms with E-state index >= 15 is 0 Å². The van der Waals surface area contributed by atoms with Crippen molar-refractivity contribution in [2.24, 2.45) is 0 Å². The molecule has 5 rings (SSSR count). The van der Waals surface area contributed by atoms with E-state index in [1.165, 1.54) is 21.8 Å². The summed E-state index contributed by atoms with van der Waals surface area (Å²) in [6.45, 7) is 0. The number of benzene rings is 3. The molecule has 5 aromatic rings. The minimum Gasteiger partial charge on any atom is -0.309 e. The third-order valence-electron chi connectivity index (χ3n) is 4.42. The van der Waals surface area contributed by atoms with Gasteiger partial charge in [0.1, 0.15) is 0 Å². The zero-order valence-corrected chi connectivity index (χ0v) is 13.9. The van der Waals surface area contributed by atoms with Crippen LogP contribution in [0.3, 0.4) is 0 Å². The third kappa shape index (κ3) is 2.22. The average Bonchev–Trinajstić information content (AvgIpc) is 3.23. The van der Waals surface area contributed by atoms with Gasteiger partial charge in [-0.15, -0.1) is 0 Å². The molecule has 4 nitrogen and oxygen atoms in total. The molecule has 120 valence electrons. The van der Waals surface area contributed by atoms with Gasteiger partial charge in [-0.2, -0.15) is 10.1 Å². The van der Waals surface area contributed by atoms with E-state index in [-0.39, 0.29) is 0 Å². The molecule has 25 heavy (non-hydrogen) atoms. The fraction of sp³-hybridized carbons (Fsp3) is 0. The fourth-order valence-corrected chi connectivity index (χ4v) is 3.45. The molecule has 3 aromatic carbocycles. The summed E-state index contributed by atoms with van der Waals surface area (Å²) in [6.07, 6.45) is 0. The number of halogens is 1. The maximum atomic E-state index is 5.82. The first kappa shape index (κ1) is 14.3. The minimum absolute atomic E-state index is 0.293. The third-order valence-corrected chi connectivity index (χ3v) is 4.59. The van der Waals surface area contributed by atoms with E-state index in [9.17, 15) is 0 Å². The van der Waals surface area contributed by atoms with Gasteiger partial charge in [-0.3, -0.25) is 0 Å². The summed E-state index contributed by atoms with van der Waals surface area (Å²) in [4.78, 5) is 4.17. The van der Waals surface area contributed by atoms with Crippen LogP contribution >= 0.6 is 11.6 Å². The molecule has 0 aliphatic rings. The lowest BCUT2D eigenvalue weighted by Gasteiger charge is -2.08. The number of fused-ring (bicyclic) bond motifs is 3. The Bertz CT molecular complexity index is 1150. The molecule has 0 aliphatic heterocycles. The highest BCUT2D eigenvalue weighted by Gasteiger charge is 2.11. The van der Waals surface area contributed by atoms with Crippen molar-refractivity contribution in [2.45, 2.75) is 0 Å². The summed E-state index contributed by atoms with van der Waals surface area (Å²) in [7, 11) is 0. The summed E-state index contributed by atoms with van der Waals surface area (Å²) in [5.74, 6) is 0.596. The van der Waals surface area contributed by atoms with Crippen molar-refractivity contribution in [3.05, 3.63) is 78.1 Å². The van der Waals surface area contributed by atoms with Crippen molar-refractivity contribution in [2.75, 3.05) is 0 Å². The quantitative estimate of drug-likeness (QED) is 0.477. The van der Waals surface area contributed by atoms with E-state index < -0.39 is 0 Å². The summed E-state index contributed by atoms with van der Waals surface area (Å²) in [6, 6.07) is 25.1. The van der Waals surface area contributed by atoms with Gasteiger partial charge in [-0.1, -0.05) is 36.4 Å². The number of nitrogens with one attached hydrogen (secondary N) is 1. The number of aromatic amines is 1. The lowest BCUT2D eigenvalue weighted by Crippen LogP contribution is -1.93. The predicted octanol–water partition coefficient (Wildman–Crippen LogP) is 5.22. The molecule has 1 N–H and O–H groups in total. The summed E-state index contributed by atoms with van der Waals surface area (Å²) >= 11 is 5.82. The Labute approximate surface area is 148 Å². The van der Waals surface area contributed by atoms with Gasteiger partial charge in [0.05, 0.1) is 11.0 Å². The van der Waals surface area contributed by atoms with Crippen LogP contribution in [0.25, 0.3) is 38.9 Å². The number of para-hydroxylation sites is 2. The SMILES string of the molecule is Clc1nc(-c2ccc(-n3c4ccccc4c4ccccc43)cc2)n[nH]1. The molecule has 0 spiro atoms. The Morgan fingerprint density at radius 2 is 1.36 bits per heavy atom. The van der Waals surface area contributed by atoms with Crippen molar-refractivity contribution in [3.8, 4) is 17.1 Å². The van der Waals surface area contributed by atoms with Gasteiger partial charge in [0.2, 0.25) is 5.28 Å². The van der Waals surface area contributed by atoms with E-state index in [1.54, 1.807) is 0 Å². The maximum Gasteiger partial charge on any atom is 0.218 e. The number of H-pyrrole nitrogens is 1. The Balaban J connectivity index is 1.72. The molecule has 2 aromatic heterocycles. The Morgan fingerprint density at radius 1 is 0.760 bits per heavy atom. The van der Waals surface area contributed by atoms with E-state index in [0.717, 1.165) is 11.3 Å². The Morgan fingerprint density at radius 3 is 1.92 bits per heavy atom. The van der Waals surface area contributed by atoms with Crippen LogP contribution in [0.2, 0.25) is 5.28 Å². The zero-order valence-electron chi connectivity index (χ0n) is 13.1. The lowest BCUT2D eigenvalue weighted by molar-refractivity contribution is 1.09. The van der Waals surface area contributed by atoms with Gasteiger partial charge >= 0.3 is 0 Å². The second-order valence-corrected chi connectivity index (χ2v) is 6.22. The van der Waals surface area contributed by atoms with Crippen LogP contribution in [0.15, 0.2) is 72.8 Å². The van der Waals surface area contributed by atoms with Gasteiger partial charge in [0, 0.05) is 22.0 Å². The molecule has 0 radical (unpaired) electrons. The van der Waals surface area contributed by atoms with Crippen LogP contribution in [0.5, 0.6) is 0 Å². The summed E-state index contributed by atoms with van der Waals surface area (Å²) < 4.78 is 2.28. The van der Waals surface area contributed by atoms with E-state index in [0.29, 0.717) is 11.1 Å². The number of aromatic nitrogens is 4. The molecule has 2 heterocycles. The monoisotopic (exact) mass is 344 g/mol. The van der Waals surface area contributed by atoms with Crippen molar-refractivity contribution in [3.63, 3.8) is 0 Å². The van der Waals surface area contributed by atoms with E-state index in [1.807, 2.05) is 12.1 Å². The second kappa shape index (κ2) is 5.46. The molecule has 0 aliphatic carbocycles. The lowest BCUT2D eigenvalue weighted by atomic mass is 10.2. The first-order chi connectivity index (χ1) is 12.3. The number of nitrogens with zero attached hydrogens (tertiary/aromatic N) is 3. The number of hydrogen-bond acceptors (Lipinski definition) is 2. The van der Waals surface area contributed by atoms with Gasteiger partial charge in [-0.25, -0.2) is 5.10 Å². The van der Waals surface area contributed by atoms with Crippen LogP contribution in [0.4, 0.5) is 0 Å². The predicted molar refractivity (Wildman–Crippen MR) is 101 cm³/mol. The normalized spacial score (nSPS) is 11.4. The summed E-state index contributed by atoms with van der Waals surface area (Å²) in [5.41, 5.74) is 4.41. The zero-order chi connectivity index (χ0) is 16.8. The van der Waals surface area contributed by atoms with E-state index in [2.05, 4.69) is 80.4 Å². The maximum absolute atomic E-state index is 5.82. The highest BCUT2D eigenvalue weighted by molar-refractivity contribution is 6.28. The smallest absolute Gasteiger partial charge is 0.218 e. The largest absolute Gasteiger partial charge is 0.309 e. The molecule has 0 amide bonds. The average molecular weight is 345 g/mol. The molecule has 0 fully saturated rings. The molecule has 5 heteroatoms. The second-order valence-electron chi connectivity index (χ2n) is 5.87.